The molecule has 0 aliphatic carbocycles. The van der Waals surface area contributed by atoms with E-state index in [4.69, 9.17) is 5.11 Å². The monoisotopic (exact) mass is 235 g/mol. The van der Waals surface area contributed by atoms with Crippen molar-refractivity contribution < 1.29 is 14.3 Å². The summed E-state index contributed by atoms with van der Waals surface area (Å²) in [7, 11) is 0. The number of carboxylic acid groups (broad SMARTS) is 1. The molecule has 17 heavy (non-hydrogen) atoms. The molecular formula is C13H14FNO2. The molecule has 1 heterocycles. The van der Waals surface area contributed by atoms with Crippen molar-refractivity contribution in [2.45, 2.75) is 13.0 Å². The fourth-order valence-electron chi connectivity index (χ4n) is 1.96. The molecule has 0 saturated heterocycles. The van der Waals surface area contributed by atoms with Gasteiger partial charge in [-0.05, 0) is 12.5 Å². The number of carbonyl (C=O) groups is 1. The number of halogens is 1. The van der Waals surface area contributed by atoms with E-state index in [0.717, 1.165) is 6.54 Å². The van der Waals surface area contributed by atoms with Gasteiger partial charge in [-0.25, -0.2) is 9.18 Å². The van der Waals surface area contributed by atoms with Crippen LogP contribution in [0.15, 0.2) is 35.9 Å². The van der Waals surface area contributed by atoms with Gasteiger partial charge in [0.05, 0.1) is 0 Å². The van der Waals surface area contributed by atoms with Crippen molar-refractivity contribution in [3.8, 4) is 0 Å². The van der Waals surface area contributed by atoms with E-state index in [1.165, 1.54) is 6.07 Å². The zero-order valence-corrected chi connectivity index (χ0v) is 9.40. The van der Waals surface area contributed by atoms with Crippen LogP contribution in [0, 0.1) is 5.82 Å². The van der Waals surface area contributed by atoms with Gasteiger partial charge in [-0.1, -0.05) is 24.3 Å². The first-order valence-corrected chi connectivity index (χ1v) is 5.55. The number of hydrogen-bond donors (Lipinski definition) is 1. The first kappa shape index (κ1) is 11.8. The molecule has 0 spiro atoms. The Labute approximate surface area is 99.2 Å². The first-order valence-electron chi connectivity index (χ1n) is 5.55. The smallest absolute Gasteiger partial charge is 0.332 e. The van der Waals surface area contributed by atoms with E-state index in [2.05, 4.69) is 0 Å². The molecule has 1 N–H and O–H groups in total. The molecule has 0 bridgehead atoms. The fourth-order valence-corrected chi connectivity index (χ4v) is 1.96. The molecule has 0 atom stereocenters. The largest absolute Gasteiger partial charge is 0.478 e. The van der Waals surface area contributed by atoms with Crippen molar-refractivity contribution in [1.29, 1.82) is 0 Å². The Bertz CT molecular complexity index is 456. The number of nitrogens with zero attached hydrogens (tertiary/aromatic N) is 1. The average Bonchev–Trinajstić information content (AvgIpc) is 2.32. The van der Waals surface area contributed by atoms with Crippen LogP contribution in [0.2, 0.25) is 0 Å². The minimum absolute atomic E-state index is 0.237. The van der Waals surface area contributed by atoms with Crippen LogP contribution in [0.4, 0.5) is 4.39 Å². The number of carboxylic acids is 1. The Balaban J connectivity index is 2.04. The highest BCUT2D eigenvalue weighted by Gasteiger charge is 2.18. The molecule has 1 aliphatic heterocycles. The normalized spacial score (nSPS) is 16.6. The molecule has 0 radical (unpaired) electrons. The van der Waals surface area contributed by atoms with Crippen molar-refractivity contribution in [2.24, 2.45) is 0 Å². The van der Waals surface area contributed by atoms with Gasteiger partial charge in [0.25, 0.3) is 0 Å². The van der Waals surface area contributed by atoms with Crippen LogP contribution in [0.3, 0.4) is 0 Å². The summed E-state index contributed by atoms with van der Waals surface area (Å²) in [6, 6.07) is 6.59. The van der Waals surface area contributed by atoms with Gasteiger partial charge >= 0.3 is 5.97 Å². The van der Waals surface area contributed by atoms with Gasteiger partial charge in [0.1, 0.15) is 5.82 Å². The standard InChI is InChI=1S/C13H14FNO2/c14-12-6-2-1-4-10(12)8-15-7-3-5-11(9-15)13(16)17/h1-2,4-6H,3,7-9H2,(H,16,17). The lowest BCUT2D eigenvalue weighted by Gasteiger charge is -2.25. The van der Waals surface area contributed by atoms with Crippen LogP contribution in [-0.2, 0) is 11.3 Å². The maximum atomic E-state index is 13.4. The zero-order chi connectivity index (χ0) is 12.3. The summed E-state index contributed by atoms with van der Waals surface area (Å²) in [5, 5.41) is 8.91. The zero-order valence-electron chi connectivity index (χ0n) is 9.40. The first-order chi connectivity index (χ1) is 8.16. The van der Waals surface area contributed by atoms with Crippen LogP contribution in [-0.4, -0.2) is 29.1 Å². The second-order valence-corrected chi connectivity index (χ2v) is 4.13. The van der Waals surface area contributed by atoms with Crippen molar-refractivity contribution in [3.63, 3.8) is 0 Å². The van der Waals surface area contributed by atoms with E-state index in [9.17, 15) is 9.18 Å². The predicted octanol–water partition coefficient (Wildman–Crippen LogP) is 2.04. The topological polar surface area (TPSA) is 40.5 Å². The van der Waals surface area contributed by atoms with Crippen LogP contribution in [0.5, 0.6) is 0 Å². The van der Waals surface area contributed by atoms with Crippen LogP contribution in [0.1, 0.15) is 12.0 Å². The molecule has 0 fully saturated rings. The number of aliphatic carboxylic acids is 1. The molecule has 0 unspecified atom stereocenters. The molecular weight excluding hydrogens is 221 g/mol. The summed E-state index contributed by atoms with van der Waals surface area (Å²) in [6.45, 7) is 1.60. The SMILES string of the molecule is O=C(O)C1=CCCN(Cc2ccccc2F)C1. The number of rotatable bonds is 3. The molecule has 0 aromatic heterocycles. The van der Waals surface area contributed by atoms with Gasteiger partial charge < -0.3 is 5.11 Å². The van der Waals surface area contributed by atoms with Gasteiger partial charge in [0, 0.05) is 30.8 Å². The van der Waals surface area contributed by atoms with Crippen LogP contribution in [0.25, 0.3) is 0 Å². The van der Waals surface area contributed by atoms with Gasteiger partial charge in [-0.3, -0.25) is 4.90 Å². The van der Waals surface area contributed by atoms with E-state index < -0.39 is 5.97 Å². The van der Waals surface area contributed by atoms with E-state index in [1.54, 1.807) is 24.3 Å². The highest BCUT2D eigenvalue weighted by atomic mass is 19.1. The third kappa shape index (κ3) is 2.91. The third-order valence-electron chi connectivity index (χ3n) is 2.86. The maximum Gasteiger partial charge on any atom is 0.332 e. The molecule has 1 aliphatic rings. The quantitative estimate of drug-likeness (QED) is 0.871. The average molecular weight is 235 g/mol. The maximum absolute atomic E-state index is 13.4. The molecule has 2 rings (SSSR count). The van der Waals surface area contributed by atoms with Crippen molar-refractivity contribution in [1.82, 2.24) is 4.90 Å². The third-order valence-corrected chi connectivity index (χ3v) is 2.86. The summed E-state index contributed by atoms with van der Waals surface area (Å²) in [5.41, 5.74) is 1.01. The van der Waals surface area contributed by atoms with Crippen LogP contribution >= 0.6 is 0 Å². The Morgan fingerprint density at radius 1 is 1.41 bits per heavy atom. The summed E-state index contributed by atoms with van der Waals surface area (Å²) in [5.74, 6) is -1.12. The van der Waals surface area contributed by atoms with Crippen molar-refractivity contribution >= 4 is 5.97 Å². The molecule has 0 amide bonds. The van der Waals surface area contributed by atoms with E-state index in [-0.39, 0.29) is 5.82 Å². The summed E-state index contributed by atoms with van der Waals surface area (Å²) >= 11 is 0. The summed E-state index contributed by atoms with van der Waals surface area (Å²) in [4.78, 5) is 12.8. The van der Waals surface area contributed by atoms with Gasteiger partial charge in [-0.2, -0.15) is 0 Å². The highest BCUT2D eigenvalue weighted by molar-refractivity contribution is 5.87. The fraction of sp³-hybridized carbons (Fsp3) is 0.308. The van der Waals surface area contributed by atoms with E-state index >= 15 is 0 Å². The van der Waals surface area contributed by atoms with Gasteiger partial charge in [0.15, 0.2) is 0 Å². The second kappa shape index (κ2) is 5.10. The summed E-state index contributed by atoms with van der Waals surface area (Å²) in [6.07, 6.45) is 2.44. The second-order valence-electron chi connectivity index (χ2n) is 4.13. The summed E-state index contributed by atoms with van der Waals surface area (Å²) < 4.78 is 13.4. The lowest BCUT2D eigenvalue weighted by Crippen LogP contribution is -2.32. The van der Waals surface area contributed by atoms with Crippen molar-refractivity contribution in [3.05, 3.63) is 47.3 Å². The molecule has 1 aromatic carbocycles. The van der Waals surface area contributed by atoms with Gasteiger partial charge in [0.2, 0.25) is 0 Å². The molecule has 90 valence electrons. The Morgan fingerprint density at radius 3 is 2.88 bits per heavy atom. The van der Waals surface area contributed by atoms with E-state index in [0.29, 0.717) is 30.6 Å². The molecule has 3 nitrogen and oxygen atoms in total. The van der Waals surface area contributed by atoms with Gasteiger partial charge in [-0.15, -0.1) is 0 Å². The minimum atomic E-state index is -0.886. The van der Waals surface area contributed by atoms with Crippen LogP contribution < -0.4 is 0 Å². The lowest BCUT2D eigenvalue weighted by atomic mass is 10.1. The van der Waals surface area contributed by atoms with E-state index in [1.807, 2.05) is 4.90 Å². The Morgan fingerprint density at radius 2 is 2.18 bits per heavy atom. The van der Waals surface area contributed by atoms with Crippen molar-refractivity contribution in [2.75, 3.05) is 13.1 Å². The number of hydrogen-bond acceptors (Lipinski definition) is 2. The Hall–Kier alpha value is -1.68. The predicted molar refractivity (Wildman–Crippen MR) is 62.0 cm³/mol. The minimum Gasteiger partial charge on any atom is -0.478 e. The molecule has 4 heteroatoms. The highest BCUT2D eigenvalue weighted by Crippen LogP contribution is 2.15. The molecule has 1 aromatic rings. The number of benzene rings is 1. The molecule has 0 saturated carbocycles. The lowest BCUT2D eigenvalue weighted by molar-refractivity contribution is -0.133. The Kier molecular flexibility index (Phi) is 3.54.